The number of aliphatic hydroxyl groups excluding tert-OH is 1. The molecule has 0 radical (unpaired) electrons. The summed E-state index contributed by atoms with van der Waals surface area (Å²) in [4.78, 5) is 18.9. The number of amides is 1. The van der Waals surface area contributed by atoms with Crippen LogP contribution in [-0.2, 0) is 4.79 Å². The Kier molecular flexibility index (Phi) is 6.66. The van der Waals surface area contributed by atoms with Gasteiger partial charge in [0, 0.05) is 25.2 Å². The minimum absolute atomic E-state index is 0.00252. The largest absolute Gasteiger partial charge is 0.394 e. The van der Waals surface area contributed by atoms with E-state index >= 15 is 0 Å². The fourth-order valence-electron chi connectivity index (χ4n) is 2.99. The number of nitrogens with zero attached hydrogens (tertiary/aromatic N) is 2. The lowest BCUT2D eigenvalue weighted by molar-refractivity contribution is -0.126. The molecule has 23 heavy (non-hydrogen) atoms. The van der Waals surface area contributed by atoms with Crippen molar-refractivity contribution in [1.29, 1.82) is 0 Å². The van der Waals surface area contributed by atoms with Crippen LogP contribution in [0.1, 0.15) is 33.1 Å². The first kappa shape index (κ1) is 18.0. The minimum atomic E-state index is -0.140. The molecule has 2 N–H and O–H groups in total. The monoisotopic (exact) mass is 339 g/mol. The summed E-state index contributed by atoms with van der Waals surface area (Å²) in [5, 5.41) is 13.0. The van der Waals surface area contributed by atoms with Gasteiger partial charge < -0.3 is 15.3 Å². The second kappa shape index (κ2) is 8.50. The van der Waals surface area contributed by atoms with Crippen molar-refractivity contribution in [3.63, 3.8) is 0 Å². The van der Waals surface area contributed by atoms with Gasteiger partial charge in [0.2, 0.25) is 5.91 Å². The van der Waals surface area contributed by atoms with E-state index in [4.69, 9.17) is 11.6 Å². The maximum atomic E-state index is 12.4. The van der Waals surface area contributed by atoms with Crippen LogP contribution in [0.3, 0.4) is 0 Å². The lowest BCUT2D eigenvalue weighted by Crippen LogP contribution is -2.45. The van der Waals surface area contributed by atoms with Gasteiger partial charge in [-0.1, -0.05) is 25.4 Å². The van der Waals surface area contributed by atoms with Gasteiger partial charge in [0.25, 0.3) is 0 Å². The molecule has 1 atom stereocenters. The van der Waals surface area contributed by atoms with Crippen molar-refractivity contribution >= 4 is 23.3 Å². The standard InChI is InChI=1S/C17H26ClN3O2/c1-12(2)9-15(11-22)20-17(23)13-5-7-21(8-6-13)16-4-3-14(18)10-19-16/h3-4,10,12-13,15,22H,5-9,11H2,1-2H3,(H,20,23). The Morgan fingerprint density at radius 3 is 2.65 bits per heavy atom. The predicted molar refractivity (Wildman–Crippen MR) is 92.7 cm³/mol. The van der Waals surface area contributed by atoms with Crippen molar-refractivity contribution in [1.82, 2.24) is 10.3 Å². The van der Waals surface area contributed by atoms with E-state index in [0.717, 1.165) is 38.2 Å². The van der Waals surface area contributed by atoms with E-state index in [9.17, 15) is 9.90 Å². The average molecular weight is 340 g/mol. The fraction of sp³-hybridized carbons (Fsp3) is 0.647. The Morgan fingerprint density at radius 1 is 1.43 bits per heavy atom. The number of piperidine rings is 1. The number of anilines is 1. The molecule has 2 heterocycles. The number of carbonyl (C=O) groups excluding carboxylic acids is 1. The summed E-state index contributed by atoms with van der Waals surface area (Å²) in [6.45, 7) is 5.79. The van der Waals surface area contributed by atoms with Crippen LogP contribution in [0.4, 0.5) is 5.82 Å². The van der Waals surface area contributed by atoms with E-state index in [0.29, 0.717) is 10.9 Å². The van der Waals surface area contributed by atoms with Crippen molar-refractivity contribution < 1.29 is 9.90 Å². The number of aromatic nitrogens is 1. The summed E-state index contributed by atoms with van der Waals surface area (Å²) < 4.78 is 0. The van der Waals surface area contributed by atoms with Crippen LogP contribution in [0, 0.1) is 11.8 Å². The number of hydrogen-bond donors (Lipinski definition) is 2. The molecule has 5 nitrogen and oxygen atoms in total. The molecule has 1 unspecified atom stereocenters. The maximum Gasteiger partial charge on any atom is 0.223 e. The number of halogens is 1. The summed E-state index contributed by atoms with van der Waals surface area (Å²) >= 11 is 5.86. The van der Waals surface area contributed by atoms with Crippen LogP contribution < -0.4 is 10.2 Å². The van der Waals surface area contributed by atoms with Crippen LogP contribution >= 0.6 is 11.6 Å². The number of rotatable bonds is 6. The van der Waals surface area contributed by atoms with Crippen molar-refractivity contribution in [3.8, 4) is 0 Å². The van der Waals surface area contributed by atoms with Crippen LogP contribution in [0.2, 0.25) is 5.02 Å². The normalized spacial score (nSPS) is 17.3. The second-order valence-electron chi connectivity index (χ2n) is 6.61. The van der Waals surface area contributed by atoms with Crippen LogP contribution in [0.5, 0.6) is 0 Å². The van der Waals surface area contributed by atoms with Gasteiger partial charge in [-0.3, -0.25) is 4.79 Å². The smallest absolute Gasteiger partial charge is 0.223 e. The number of aliphatic hydroxyl groups is 1. The third-order valence-electron chi connectivity index (χ3n) is 4.22. The van der Waals surface area contributed by atoms with Gasteiger partial charge in [-0.2, -0.15) is 0 Å². The van der Waals surface area contributed by atoms with Gasteiger partial charge in [-0.25, -0.2) is 4.98 Å². The molecule has 1 aliphatic rings. The van der Waals surface area contributed by atoms with Crippen LogP contribution in [0.25, 0.3) is 0 Å². The molecule has 1 fully saturated rings. The van der Waals surface area contributed by atoms with E-state index in [1.165, 1.54) is 0 Å². The highest BCUT2D eigenvalue weighted by Gasteiger charge is 2.27. The average Bonchev–Trinajstić information content (AvgIpc) is 2.54. The molecule has 0 aliphatic carbocycles. The summed E-state index contributed by atoms with van der Waals surface area (Å²) in [6, 6.07) is 3.60. The molecule has 0 spiro atoms. The highest BCUT2D eigenvalue weighted by atomic mass is 35.5. The molecule has 6 heteroatoms. The molecule has 0 aromatic carbocycles. The van der Waals surface area contributed by atoms with Crippen LogP contribution in [0.15, 0.2) is 18.3 Å². The third-order valence-corrected chi connectivity index (χ3v) is 4.45. The number of hydrogen-bond acceptors (Lipinski definition) is 4. The Labute approximate surface area is 143 Å². The Balaban J connectivity index is 1.83. The van der Waals surface area contributed by atoms with E-state index in [1.807, 2.05) is 12.1 Å². The zero-order valence-electron chi connectivity index (χ0n) is 13.8. The Bertz CT molecular complexity index is 499. The van der Waals surface area contributed by atoms with Gasteiger partial charge in [-0.05, 0) is 37.3 Å². The molecule has 2 rings (SSSR count). The summed E-state index contributed by atoms with van der Waals surface area (Å²) in [5.41, 5.74) is 0. The highest BCUT2D eigenvalue weighted by molar-refractivity contribution is 6.30. The van der Waals surface area contributed by atoms with E-state index in [-0.39, 0.29) is 24.5 Å². The lowest BCUT2D eigenvalue weighted by Gasteiger charge is -2.33. The van der Waals surface area contributed by atoms with Crippen molar-refractivity contribution in [2.24, 2.45) is 11.8 Å². The lowest BCUT2D eigenvalue weighted by atomic mass is 9.95. The van der Waals surface area contributed by atoms with Gasteiger partial charge in [-0.15, -0.1) is 0 Å². The number of carbonyl (C=O) groups is 1. The van der Waals surface area contributed by atoms with Crippen molar-refractivity contribution in [3.05, 3.63) is 23.4 Å². The van der Waals surface area contributed by atoms with Gasteiger partial charge in [0.1, 0.15) is 5.82 Å². The maximum absolute atomic E-state index is 12.4. The Hall–Kier alpha value is -1.33. The zero-order chi connectivity index (χ0) is 16.8. The summed E-state index contributed by atoms with van der Waals surface area (Å²) in [6.07, 6.45) is 4.05. The van der Waals surface area contributed by atoms with Gasteiger partial charge in [0.15, 0.2) is 0 Å². The molecular weight excluding hydrogens is 314 g/mol. The molecule has 1 aliphatic heterocycles. The zero-order valence-corrected chi connectivity index (χ0v) is 14.6. The highest BCUT2D eigenvalue weighted by Crippen LogP contribution is 2.23. The summed E-state index contributed by atoms with van der Waals surface area (Å²) in [7, 11) is 0. The van der Waals surface area contributed by atoms with Crippen molar-refractivity contribution in [2.45, 2.75) is 39.2 Å². The van der Waals surface area contributed by atoms with Crippen molar-refractivity contribution in [2.75, 3.05) is 24.6 Å². The topological polar surface area (TPSA) is 65.5 Å². The SMILES string of the molecule is CC(C)CC(CO)NC(=O)C1CCN(c2ccc(Cl)cn2)CC1. The molecule has 0 saturated carbocycles. The molecular formula is C17H26ClN3O2. The van der Waals surface area contributed by atoms with Gasteiger partial charge in [0.05, 0.1) is 17.7 Å². The first-order valence-corrected chi connectivity index (χ1v) is 8.65. The second-order valence-corrected chi connectivity index (χ2v) is 7.05. The van der Waals surface area contributed by atoms with E-state index < -0.39 is 0 Å². The molecule has 1 amide bonds. The van der Waals surface area contributed by atoms with E-state index in [1.54, 1.807) is 6.20 Å². The fourth-order valence-corrected chi connectivity index (χ4v) is 3.10. The molecule has 0 bridgehead atoms. The van der Waals surface area contributed by atoms with Gasteiger partial charge >= 0.3 is 0 Å². The number of pyridine rings is 1. The first-order valence-electron chi connectivity index (χ1n) is 8.27. The molecule has 1 saturated heterocycles. The molecule has 1 aromatic rings. The van der Waals surface area contributed by atoms with Crippen LogP contribution in [-0.4, -0.2) is 41.7 Å². The summed E-state index contributed by atoms with van der Waals surface area (Å²) in [5.74, 6) is 1.43. The number of nitrogens with one attached hydrogen (secondary N) is 1. The Morgan fingerprint density at radius 2 is 2.13 bits per heavy atom. The first-order chi connectivity index (χ1) is 11.0. The van der Waals surface area contributed by atoms with E-state index in [2.05, 4.69) is 29.0 Å². The molecule has 128 valence electrons. The predicted octanol–water partition coefficient (Wildman–Crippen LogP) is 2.47. The third kappa shape index (κ3) is 5.36. The minimum Gasteiger partial charge on any atom is -0.394 e. The molecule has 1 aromatic heterocycles. The quantitative estimate of drug-likeness (QED) is 0.835.